The number of H-pyrrole nitrogens is 1. The van der Waals surface area contributed by atoms with E-state index in [0.29, 0.717) is 23.4 Å². The molecule has 3 rings (SSSR count). The van der Waals surface area contributed by atoms with E-state index in [0.717, 1.165) is 11.1 Å². The molecule has 36 heavy (non-hydrogen) atoms. The minimum atomic E-state index is -0.390. The lowest BCUT2D eigenvalue weighted by atomic mass is 9.86. The quantitative estimate of drug-likeness (QED) is 0.393. The summed E-state index contributed by atoms with van der Waals surface area (Å²) in [4.78, 5) is 42.1. The summed E-state index contributed by atoms with van der Waals surface area (Å²) in [5.41, 5.74) is 3.71. The highest BCUT2D eigenvalue weighted by Crippen LogP contribution is 2.23. The van der Waals surface area contributed by atoms with Gasteiger partial charge in [-0.05, 0) is 61.4 Å². The summed E-state index contributed by atoms with van der Waals surface area (Å²) in [6.07, 6.45) is 0.691. The molecule has 2 aromatic carbocycles. The summed E-state index contributed by atoms with van der Waals surface area (Å²) < 4.78 is 1.42. The van der Waals surface area contributed by atoms with Gasteiger partial charge < -0.3 is 4.90 Å². The lowest BCUT2D eigenvalue weighted by Gasteiger charge is -2.28. The fraction of sp³-hybridized carbons (Fsp3) is 0.433. The van der Waals surface area contributed by atoms with E-state index < -0.39 is 5.56 Å². The summed E-state index contributed by atoms with van der Waals surface area (Å²) >= 11 is 0. The van der Waals surface area contributed by atoms with Crippen LogP contribution in [-0.4, -0.2) is 39.0 Å². The molecular formula is C30H39N3O3. The van der Waals surface area contributed by atoms with Gasteiger partial charge in [0, 0.05) is 11.6 Å². The minimum Gasteiger partial charge on any atom is -0.328 e. The molecule has 1 N–H and O–H groups in total. The first-order chi connectivity index (χ1) is 16.8. The van der Waals surface area contributed by atoms with Gasteiger partial charge in [0.05, 0.1) is 17.9 Å². The van der Waals surface area contributed by atoms with Crippen LogP contribution >= 0.6 is 0 Å². The third kappa shape index (κ3) is 5.69. The van der Waals surface area contributed by atoms with E-state index in [1.807, 2.05) is 83.1 Å². The van der Waals surface area contributed by atoms with Crippen molar-refractivity contribution in [3.63, 3.8) is 0 Å². The molecule has 0 fully saturated rings. The number of Topliss-reactive ketones (excluding diaryl/α,β-unsaturated/α-hetero) is 1. The minimum absolute atomic E-state index is 0.0210. The number of amides is 1. The molecule has 0 aliphatic rings. The number of benzene rings is 2. The van der Waals surface area contributed by atoms with E-state index in [4.69, 9.17) is 0 Å². The van der Waals surface area contributed by atoms with Crippen molar-refractivity contribution < 1.29 is 9.59 Å². The third-order valence-electron chi connectivity index (χ3n) is 6.76. The number of aryl methyl sites for hydroxylation is 1. The van der Waals surface area contributed by atoms with Gasteiger partial charge in [-0.2, -0.15) is 0 Å². The standard InChI is InChI=1S/C30H39N3O3/c1-9-21(5)32(28(35)22-12-14-23(15-13-22)30(6,7)8)18-25(34)26-27(19(2)3)31-33(29(26)36)24-16-10-20(4)11-17-24/h10-17,19,21,31H,9,18H2,1-8H3. The Morgan fingerprint density at radius 2 is 1.56 bits per heavy atom. The summed E-state index contributed by atoms with van der Waals surface area (Å²) in [5, 5.41) is 3.14. The van der Waals surface area contributed by atoms with Crippen molar-refractivity contribution in [1.29, 1.82) is 0 Å². The number of carbonyl (C=O) groups is 2. The van der Waals surface area contributed by atoms with Crippen LogP contribution in [0.2, 0.25) is 0 Å². The van der Waals surface area contributed by atoms with E-state index in [-0.39, 0.29) is 41.2 Å². The fourth-order valence-corrected chi connectivity index (χ4v) is 4.18. The first-order valence-electron chi connectivity index (χ1n) is 12.7. The zero-order chi connectivity index (χ0) is 26.8. The predicted octanol–water partition coefficient (Wildman–Crippen LogP) is 6.02. The van der Waals surface area contributed by atoms with Crippen LogP contribution in [0.15, 0.2) is 53.3 Å². The zero-order valence-electron chi connectivity index (χ0n) is 22.8. The molecule has 0 saturated heterocycles. The van der Waals surface area contributed by atoms with Crippen LogP contribution < -0.4 is 5.56 Å². The number of ketones is 1. The maximum absolute atomic E-state index is 13.6. The highest BCUT2D eigenvalue weighted by molar-refractivity contribution is 6.03. The topological polar surface area (TPSA) is 75.2 Å². The van der Waals surface area contributed by atoms with Crippen molar-refractivity contribution in [2.24, 2.45) is 0 Å². The molecule has 192 valence electrons. The molecule has 6 nitrogen and oxygen atoms in total. The maximum Gasteiger partial charge on any atom is 0.282 e. The van der Waals surface area contributed by atoms with Crippen molar-refractivity contribution in [1.82, 2.24) is 14.7 Å². The van der Waals surface area contributed by atoms with Crippen LogP contribution in [0.5, 0.6) is 0 Å². The van der Waals surface area contributed by atoms with Crippen molar-refractivity contribution in [2.45, 2.75) is 79.2 Å². The molecule has 3 aromatic rings. The highest BCUT2D eigenvalue weighted by atomic mass is 16.2. The smallest absolute Gasteiger partial charge is 0.282 e. The largest absolute Gasteiger partial charge is 0.328 e. The number of nitrogens with one attached hydrogen (secondary N) is 1. The van der Waals surface area contributed by atoms with Crippen molar-refractivity contribution in [3.05, 3.63) is 86.8 Å². The molecule has 6 heteroatoms. The molecule has 1 atom stereocenters. The van der Waals surface area contributed by atoms with Crippen LogP contribution in [0.1, 0.15) is 98.3 Å². The van der Waals surface area contributed by atoms with Crippen molar-refractivity contribution >= 4 is 11.7 Å². The lowest BCUT2D eigenvalue weighted by Crippen LogP contribution is -2.42. The highest BCUT2D eigenvalue weighted by Gasteiger charge is 2.29. The Labute approximate surface area is 214 Å². The monoisotopic (exact) mass is 489 g/mol. The first-order valence-corrected chi connectivity index (χ1v) is 12.7. The number of nitrogens with zero attached hydrogens (tertiary/aromatic N) is 2. The molecule has 0 aliphatic heterocycles. The van der Waals surface area contributed by atoms with Gasteiger partial charge in [-0.15, -0.1) is 0 Å². The van der Waals surface area contributed by atoms with Gasteiger partial charge in [-0.3, -0.25) is 19.5 Å². The van der Waals surface area contributed by atoms with E-state index in [2.05, 4.69) is 25.9 Å². The maximum atomic E-state index is 13.6. The second-order valence-corrected chi connectivity index (χ2v) is 11.0. The summed E-state index contributed by atoms with van der Waals surface area (Å²) in [5.74, 6) is -0.634. The second-order valence-electron chi connectivity index (χ2n) is 11.0. The van der Waals surface area contributed by atoms with Gasteiger partial charge in [0.2, 0.25) is 0 Å². The number of hydrogen-bond acceptors (Lipinski definition) is 3. The van der Waals surface area contributed by atoms with Gasteiger partial charge in [0.25, 0.3) is 11.5 Å². The Kier molecular flexibility index (Phi) is 8.07. The van der Waals surface area contributed by atoms with E-state index in [9.17, 15) is 14.4 Å². The van der Waals surface area contributed by atoms with Gasteiger partial charge in [0.15, 0.2) is 5.78 Å². The Morgan fingerprint density at radius 1 is 0.972 bits per heavy atom. The number of rotatable bonds is 8. The van der Waals surface area contributed by atoms with Crippen LogP contribution in [0.4, 0.5) is 0 Å². The summed E-state index contributed by atoms with van der Waals surface area (Å²) in [6, 6.07) is 15.0. The van der Waals surface area contributed by atoms with Crippen LogP contribution in [-0.2, 0) is 5.41 Å². The normalized spacial score (nSPS) is 12.6. The Bertz CT molecular complexity index is 1270. The molecule has 0 aliphatic carbocycles. The fourth-order valence-electron chi connectivity index (χ4n) is 4.18. The average Bonchev–Trinajstić information content (AvgIpc) is 3.19. The summed E-state index contributed by atoms with van der Waals surface area (Å²) in [6.45, 7) is 16.0. The third-order valence-corrected chi connectivity index (χ3v) is 6.76. The Balaban J connectivity index is 1.97. The lowest BCUT2D eigenvalue weighted by molar-refractivity contribution is 0.0645. The van der Waals surface area contributed by atoms with Crippen LogP contribution in [0, 0.1) is 6.92 Å². The van der Waals surface area contributed by atoms with E-state index >= 15 is 0 Å². The van der Waals surface area contributed by atoms with E-state index in [1.54, 1.807) is 4.90 Å². The number of aromatic amines is 1. The SMILES string of the molecule is CCC(C)N(CC(=O)c1c(C(C)C)[nH]n(-c2ccc(C)cc2)c1=O)C(=O)c1ccc(C(C)(C)C)cc1. The molecule has 1 heterocycles. The van der Waals surface area contributed by atoms with Gasteiger partial charge in [-0.1, -0.05) is 71.4 Å². The molecule has 0 bridgehead atoms. The summed E-state index contributed by atoms with van der Waals surface area (Å²) in [7, 11) is 0. The Morgan fingerprint density at radius 3 is 2.06 bits per heavy atom. The van der Waals surface area contributed by atoms with Gasteiger partial charge >= 0.3 is 0 Å². The second kappa shape index (κ2) is 10.7. The molecule has 1 aromatic heterocycles. The van der Waals surface area contributed by atoms with Gasteiger partial charge in [0.1, 0.15) is 5.56 Å². The predicted molar refractivity (Wildman–Crippen MR) is 145 cm³/mol. The molecule has 1 amide bonds. The Hall–Kier alpha value is -3.41. The zero-order valence-corrected chi connectivity index (χ0v) is 22.8. The molecule has 1 unspecified atom stereocenters. The van der Waals surface area contributed by atoms with Crippen molar-refractivity contribution in [3.8, 4) is 5.69 Å². The average molecular weight is 490 g/mol. The molecule has 0 saturated carbocycles. The van der Waals surface area contributed by atoms with E-state index in [1.165, 1.54) is 4.68 Å². The number of aromatic nitrogens is 2. The molecular weight excluding hydrogens is 450 g/mol. The number of carbonyl (C=O) groups excluding carboxylic acids is 2. The number of hydrogen-bond donors (Lipinski definition) is 1. The first kappa shape index (κ1) is 27.2. The molecule has 0 spiro atoms. The van der Waals surface area contributed by atoms with Crippen molar-refractivity contribution in [2.75, 3.05) is 6.54 Å². The van der Waals surface area contributed by atoms with Gasteiger partial charge in [-0.25, -0.2) is 4.68 Å². The van der Waals surface area contributed by atoms with Crippen LogP contribution in [0.3, 0.4) is 0 Å². The molecule has 0 radical (unpaired) electrons. The van der Waals surface area contributed by atoms with Crippen LogP contribution in [0.25, 0.3) is 5.69 Å².